The Morgan fingerprint density at radius 2 is 1.69 bits per heavy atom. The van der Waals surface area contributed by atoms with Gasteiger partial charge in [-0.3, -0.25) is 9.59 Å². The van der Waals surface area contributed by atoms with Crippen LogP contribution in [-0.2, 0) is 11.3 Å². The highest BCUT2D eigenvalue weighted by atomic mass is 16.5. The molecule has 0 radical (unpaired) electrons. The Hall–Kier alpha value is -3.41. The summed E-state index contributed by atoms with van der Waals surface area (Å²) in [5, 5.41) is 6.91. The van der Waals surface area contributed by atoms with E-state index < -0.39 is 0 Å². The average molecular weight is 349 g/mol. The summed E-state index contributed by atoms with van der Waals surface area (Å²) in [5.41, 5.74) is 1.18. The van der Waals surface area contributed by atoms with Crippen LogP contribution < -0.4 is 15.6 Å². The Morgan fingerprint density at radius 3 is 2.42 bits per heavy atom. The number of para-hydroxylation sites is 1. The lowest BCUT2D eigenvalue weighted by Crippen LogP contribution is -2.25. The van der Waals surface area contributed by atoms with Gasteiger partial charge in [-0.15, -0.1) is 0 Å². The molecule has 26 heavy (non-hydrogen) atoms. The Kier molecular flexibility index (Phi) is 5.43. The zero-order chi connectivity index (χ0) is 18.4. The topological polar surface area (TPSA) is 73.2 Å². The molecule has 0 atom stereocenters. The molecular formula is C20H19N3O3. The van der Waals surface area contributed by atoms with E-state index in [9.17, 15) is 9.59 Å². The van der Waals surface area contributed by atoms with Crippen molar-refractivity contribution in [3.8, 4) is 11.5 Å². The molecule has 0 bridgehead atoms. The second kappa shape index (κ2) is 8.11. The van der Waals surface area contributed by atoms with E-state index in [1.54, 1.807) is 37.3 Å². The fourth-order valence-corrected chi connectivity index (χ4v) is 2.37. The maximum atomic E-state index is 12.1. The van der Waals surface area contributed by atoms with Crippen molar-refractivity contribution in [3.05, 3.63) is 82.8 Å². The van der Waals surface area contributed by atoms with Crippen molar-refractivity contribution in [2.24, 2.45) is 0 Å². The number of benzene rings is 2. The largest absolute Gasteiger partial charge is 0.457 e. The number of nitrogens with one attached hydrogen (secondary N) is 1. The van der Waals surface area contributed by atoms with E-state index in [1.165, 1.54) is 10.7 Å². The molecule has 1 amide bonds. The van der Waals surface area contributed by atoms with Crippen LogP contribution in [0.2, 0.25) is 0 Å². The summed E-state index contributed by atoms with van der Waals surface area (Å²) < 4.78 is 7.01. The van der Waals surface area contributed by atoms with E-state index in [0.717, 1.165) is 11.4 Å². The molecule has 1 heterocycles. The van der Waals surface area contributed by atoms with Crippen LogP contribution >= 0.6 is 0 Å². The first-order valence-electron chi connectivity index (χ1n) is 8.28. The van der Waals surface area contributed by atoms with E-state index in [2.05, 4.69) is 10.4 Å². The van der Waals surface area contributed by atoms with Gasteiger partial charge in [-0.25, -0.2) is 4.68 Å². The Balaban J connectivity index is 1.54. The molecule has 0 saturated heterocycles. The fraction of sp³-hybridized carbons (Fsp3) is 0.150. The molecule has 1 aromatic heterocycles. The number of nitrogens with zero attached hydrogens (tertiary/aromatic N) is 2. The van der Waals surface area contributed by atoms with Crippen molar-refractivity contribution in [1.29, 1.82) is 0 Å². The third-order valence-corrected chi connectivity index (χ3v) is 3.67. The van der Waals surface area contributed by atoms with E-state index in [4.69, 9.17) is 4.74 Å². The van der Waals surface area contributed by atoms with Gasteiger partial charge in [-0.05, 0) is 49.4 Å². The molecule has 3 rings (SSSR count). The molecule has 2 aromatic carbocycles. The van der Waals surface area contributed by atoms with Crippen LogP contribution in [0.4, 0.5) is 5.69 Å². The molecule has 6 nitrogen and oxygen atoms in total. The Labute approximate surface area is 151 Å². The fourth-order valence-electron chi connectivity index (χ4n) is 2.37. The number of ether oxygens (including phenoxy) is 1. The number of hydrogen-bond acceptors (Lipinski definition) is 4. The van der Waals surface area contributed by atoms with Gasteiger partial charge < -0.3 is 10.1 Å². The van der Waals surface area contributed by atoms with Gasteiger partial charge in [0.2, 0.25) is 5.91 Å². The van der Waals surface area contributed by atoms with Crippen molar-refractivity contribution >= 4 is 11.6 Å². The minimum Gasteiger partial charge on any atom is -0.457 e. The summed E-state index contributed by atoms with van der Waals surface area (Å²) in [6.45, 7) is 2.04. The SMILES string of the molecule is Cc1ccc(=O)n(CCC(=O)Nc2ccc(Oc3ccccc3)cc2)n1. The zero-order valence-electron chi connectivity index (χ0n) is 14.4. The van der Waals surface area contributed by atoms with Crippen LogP contribution in [0.3, 0.4) is 0 Å². The summed E-state index contributed by atoms with van der Waals surface area (Å²) >= 11 is 0. The number of carbonyl (C=O) groups excluding carboxylic acids is 1. The first-order chi connectivity index (χ1) is 12.6. The lowest BCUT2D eigenvalue weighted by atomic mass is 10.3. The van der Waals surface area contributed by atoms with E-state index in [1.807, 2.05) is 30.3 Å². The van der Waals surface area contributed by atoms with Crippen LogP contribution in [0.5, 0.6) is 11.5 Å². The highest BCUT2D eigenvalue weighted by Gasteiger charge is 2.05. The summed E-state index contributed by atoms with van der Waals surface area (Å²) in [6.07, 6.45) is 0.165. The number of carbonyl (C=O) groups is 1. The van der Waals surface area contributed by atoms with Crippen LogP contribution in [0.15, 0.2) is 71.5 Å². The lowest BCUT2D eigenvalue weighted by Gasteiger charge is -2.09. The monoisotopic (exact) mass is 349 g/mol. The normalized spacial score (nSPS) is 10.3. The predicted octanol–water partition coefficient (Wildman–Crippen LogP) is 3.37. The van der Waals surface area contributed by atoms with Gasteiger partial charge in [0, 0.05) is 18.2 Å². The second-order valence-electron chi connectivity index (χ2n) is 5.77. The van der Waals surface area contributed by atoms with Gasteiger partial charge in [-0.1, -0.05) is 18.2 Å². The maximum absolute atomic E-state index is 12.1. The molecule has 0 unspecified atom stereocenters. The van der Waals surface area contributed by atoms with Gasteiger partial charge in [0.1, 0.15) is 11.5 Å². The van der Waals surface area contributed by atoms with Crippen molar-refractivity contribution < 1.29 is 9.53 Å². The number of amides is 1. The highest BCUT2D eigenvalue weighted by Crippen LogP contribution is 2.22. The highest BCUT2D eigenvalue weighted by molar-refractivity contribution is 5.90. The first-order valence-corrected chi connectivity index (χ1v) is 8.28. The summed E-state index contributed by atoms with van der Waals surface area (Å²) in [5.74, 6) is 1.25. The minimum atomic E-state index is -0.217. The maximum Gasteiger partial charge on any atom is 0.266 e. The molecule has 0 fully saturated rings. The summed E-state index contributed by atoms with van der Waals surface area (Å²) in [4.78, 5) is 23.8. The predicted molar refractivity (Wildman–Crippen MR) is 99.4 cm³/mol. The van der Waals surface area contributed by atoms with E-state index in [-0.39, 0.29) is 24.4 Å². The van der Waals surface area contributed by atoms with Gasteiger partial charge in [0.15, 0.2) is 0 Å². The number of anilines is 1. The third kappa shape index (κ3) is 4.80. The first kappa shape index (κ1) is 17.4. The van der Waals surface area contributed by atoms with E-state index in [0.29, 0.717) is 11.4 Å². The van der Waals surface area contributed by atoms with Gasteiger partial charge in [0.05, 0.1) is 12.2 Å². The second-order valence-corrected chi connectivity index (χ2v) is 5.77. The Bertz CT molecular complexity index is 935. The van der Waals surface area contributed by atoms with Crippen LogP contribution in [0, 0.1) is 6.92 Å². The summed E-state index contributed by atoms with van der Waals surface area (Å²) in [6, 6.07) is 19.7. The van der Waals surface area contributed by atoms with Crippen LogP contribution in [0.25, 0.3) is 0 Å². The average Bonchev–Trinajstić information content (AvgIpc) is 2.65. The standard InChI is InChI=1S/C20H19N3O3/c1-15-7-12-20(25)23(22-15)14-13-19(24)21-16-8-10-18(11-9-16)26-17-5-3-2-4-6-17/h2-12H,13-14H2,1H3,(H,21,24). The molecule has 0 aliphatic rings. The number of hydrogen-bond donors (Lipinski definition) is 1. The van der Waals surface area contributed by atoms with Crippen molar-refractivity contribution in [1.82, 2.24) is 9.78 Å². The summed E-state index contributed by atoms with van der Waals surface area (Å²) in [7, 11) is 0. The van der Waals surface area contributed by atoms with E-state index >= 15 is 0 Å². The molecule has 1 N–H and O–H groups in total. The molecule has 0 aliphatic carbocycles. The lowest BCUT2D eigenvalue weighted by molar-refractivity contribution is -0.116. The number of rotatable bonds is 6. The molecule has 132 valence electrons. The van der Waals surface area contributed by atoms with Crippen LogP contribution in [0.1, 0.15) is 12.1 Å². The molecule has 6 heteroatoms. The molecular weight excluding hydrogens is 330 g/mol. The van der Waals surface area contributed by atoms with Crippen molar-refractivity contribution in [2.75, 3.05) is 5.32 Å². The van der Waals surface area contributed by atoms with Gasteiger partial charge >= 0.3 is 0 Å². The molecule has 0 spiro atoms. The van der Waals surface area contributed by atoms with Crippen LogP contribution in [-0.4, -0.2) is 15.7 Å². The number of aryl methyl sites for hydroxylation is 2. The molecule has 0 saturated carbocycles. The molecule has 3 aromatic rings. The minimum absolute atomic E-state index is 0.165. The quantitative estimate of drug-likeness (QED) is 0.740. The third-order valence-electron chi connectivity index (χ3n) is 3.67. The molecule has 0 aliphatic heterocycles. The zero-order valence-corrected chi connectivity index (χ0v) is 14.4. The van der Waals surface area contributed by atoms with Crippen molar-refractivity contribution in [2.45, 2.75) is 19.9 Å². The van der Waals surface area contributed by atoms with Gasteiger partial charge in [-0.2, -0.15) is 5.10 Å². The van der Waals surface area contributed by atoms with Crippen molar-refractivity contribution in [3.63, 3.8) is 0 Å². The smallest absolute Gasteiger partial charge is 0.266 e. The Morgan fingerprint density at radius 1 is 1.00 bits per heavy atom. The van der Waals surface area contributed by atoms with Gasteiger partial charge in [0.25, 0.3) is 5.56 Å². The number of aromatic nitrogens is 2.